The zero-order valence-electron chi connectivity index (χ0n) is 16.6. The second-order valence-corrected chi connectivity index (χ2v) is 8.68. The maximum Gasteiger partial charge on any atom is 0.573 e. The van der Waals surface area contributed by atoms with Crippen molar-refractivity contribution in [3.63, 3.8) is 0 Å². The smallest absolute Gasteiger partial charge is 0.406 e. The van der Waals surface area contributed by atoms with E-state index in [-0.39, 0.29) is 10.6 Å². The number of benzene rings is 3. The zero-order chi connectivity index (χ0) is 22.9. The minimum atomic E-state index is -4.72. The van der Waals surface area contributed by atoms with E-state index in [0.29, 0.717) is 35.3 Å². The number of aromatic nitrogens is 2. The standard InChI is InChI=1S/C22H18F3N3O3S/c23-22(24,25)31-16-9-5-14(6-10-16)7-12-21-27-18-11-8-15(13-19(18)28-21)17-3-1-2-4-20(17)32(26,29)30/h1-6,8-11,13H,7,12H2,(H,27,28)(H2,26,29,30). The van der Waals surface area contributed by atoms with E-state index < -0.39 is 16.4 Å². The number of nitrogens with two attached hydrogens (primary N) is 1. The maximum absolute atomic E-state index is 12.3. The molecule has 0 aliphatic heterocycles. The monoisotopic (exact) mass is 461 g/mol. The van der Waals surface area contributed by atoms with Crippen molar-refractivity contribution < 1.29 is 26.3 Å². The largest absolute Gasteiger partial charge is 0.573 e. The fourth-order valence-corrected chi connectivity index (χ4v) is 4.18. The van der Waals surface area contributed by atoms with Crippen molar-refractivity contribution in [1.82, 2.24) is 9.97 Å². The number of halogens is 3. The number of aromatic amines is 1. The number of ether oxygens (including phenoxy) is 1. The van der Waals surface area contributed by atoms with Crippen LogP contribution >= 0.6 is 0 Å². The number of alkyl halides is 3. The van der Waals surface area contributed by atoms with Crippen LogP contribution in [0.3, 0.4) is 0 Å². The van der Waals surface area contributed by atoms with Crippen LogP contribution in [0, 0.1) is 0 Å². The Morgan fingerprint density at radius 3 is 2.38 bits per heavy atom. The number of imidazole rings is 1. The molecule has 0 unspecified atom stereocenters. The Bertz CT molecular complexity index is 1360. The van der Waals surface area contributed by atoms with Gasteiger partial charge in [0.1, 0.15) is 11.6 Å². The van der Waals surface area contributed by atoms with Crippen molar-refractivity contribution in [3.8, 4) is 16.9 Å². The molecule has 0 fully saturated rings. The summed E-state index contributed by atoms with van der Waals surface area (Å²) in [7, 11) is -3.88. The third kappa shape index (κ3) is 5.09. The van der Waals surface area contributed by atoms with Crippen LogP contribution in [0.2, 0.25) is 0 Å². The van der Waals surface area contributed by atoms with Gasteiger partial charge in [-0.25, -0.2) is 18.5 Å². The first-order chi connectivity index (χ1) is 15.1. The van der Waals surface area contributed by atoms with Crippen molar-refractivity contribution >= 4 is 21.1 Å². The molecule has 32 heavy (non-hydrogen) atoms. The van der Waals surface area contributed by atoms with E-state index >= 15 is 0 Å². The van der Waals surface area contributed by atoms with E-state index in [1.807, 2.05) is 0 Å². The van der Waals surface area contributed by atoms with E-state index in [0.717, 1.165) is 11.1 Å². The van der Waals surface area contributed by atoms with E-state index in [9.17, 15) is 21.6 Å². The summed E-state index contributed by atoms with van der Waals surface area (Å²) in [6.45, 7) is 0. The summed E-state index contributed by atoms with van der Waals surface area (Å²) in [5.41, 5.74) is 3.45. The Balaban J connectivity index is 1.52. The average molecular weight is 461 g/mol. The summed E-state index contributed by atoms with van der Waals surface area (Å²) in [5, 5.41) is 5.33. The molecular weight excluding hydrogens is 443 g/mol. The molecule has 0 aliphatic carbocycles. The van der Waals surface area contributed by atoms with Gasteiger partial charge in [0.15, 0.2) is 0 Å². The molecule has 0 bridgehead atoms. The number of primary sulfonamides is 1. The predicted octanol–water partition coefficient (Wildman–Crippen LogP) is 4.56. The molecule has 0 atom stereocenters. The Morgan fingerprint density at radius 2 is 1.69 bits per heavy atom. The third-order valence-electron chi connectivity index (χ3n) is 4.84. The number of fused-ring (bicyclic) bond motifs is 1. The van der Waals surface area contributed by atoms with E-state index in [4.69, 9.17) is 5.14 Å². The molecule has 0 aliphatic rings. The molecular formula is C22H18F3N3O3S. The lowest BCUT2D eigenvalue weighted by Gasteiger charge is -2.09. The van der Waals surface area contributed by atoms with Gasteiger partial charge in [0.05, 0.1) is 15.9 Å². The van der Waals surface area contributed by atoms with Gasteiger partial charge in [0.2, 0.25) is 10.0 Å². The molecule has 0 radical (unpaired) electrons. The van der Waals surface area contributed by atoms with Gasteiger partial charge in [0, 0.05) is 12.0 Å². The highest BCUT2D eigenvalue weighted by Gasteiger charge is 2.30. The number of hydrogen-bond acceptors (Lipinski definition) is 4. The van der Waals surface area contributed by atoms with Crippen LogP contribution in [-0.4, -0.2) is 24.7 Å². The lowest BCUT2D eigenvalue weighted by Crippen LogP contribution is -2.17. The van der Waals surface area contributed by atoms with Crippen molar-refractivity contribution in [1.29, 1.82) is 0 Å². The lowest BCUT2D eigenvalue weighted by molar-refractivity contribution is -0.274. The third-order valence-corrected chi connectivity index (χ3v) is 5.81. The number of nitrogens with zero attached hydrogens (tertiary/aromatic N) is 1. The SMILES string of the molecule is NS(=O)(=O)c1ccccc1-c1ccc2nc(CCc3ccc(OC(F)(F)F)cc3)[nH]c2c1. The second kappa shape index (κ2) is 8.29. The molecule has 0 spiro atoms. The highest BCUT2D eigenvalue weighted by atomic mass is 32.2. The van der Waals surface area contributed by atoms with Crippen LogP contribution in [0.25, 0.3) is 22.2 Å². The van der Waals surface area contributed by atoms with Gasteiger partial charge in [-0.2, -0.15) is 0 Å². The van der Waals surface area contributed by atoms with Gasteiger partial charge in [0.25, 0.3) is 0 Å². The highest BCUT2D eigenvalue weighted by Crippen LogP contribution is 2.29. The highest BCUT2D eigenvalue weighted by molar-refractivity contribution is 7.89. The van der Waals surface area contributed by atoms with Crippen LogP contribution in [0.4, 0.5) is 13.2 Å². The average Bonchev–Trinajstić information content (AvgIpc) is 3.14. The normalized spacial score (nSPS) is 12.2. The van der Waals surface area contributed by atoms with Gasteiger partial charge < -0.3 is 9.72 Å². The molecule has 1 aromatic heterocycles. The number of rotatable bonds is 6. The molecule has 0 saturated carbocycles. The fraction of sp³-hybridized carbons (Fsp3) is 0.136. The Kier molecular flexibility index (Phi) is 5.66. The molecule has 4 aromatic rings. The van der Waals surface area contributed by atoms with E-state index in [2.05, 4.69) is 14.7 Å². The summed E-state index contributed by atoms with van der Waals surface area (Å²) < 4.78 is 64.4. The summed E-state index contributed by atoms with van der Waals surface area (Å²) in [5.74, 6) is 0.435. The van der Waals surface area contributed by atoms with Gasteiger partial charge >= 0.3 is 6.36 Å². The maximum atomic E-state index is 12.3. The molecule has 4 rings (SSSR count). The van der Waals surface area contributed by atoms with Crippen molar-refractivity contribution in [2.45, 2.75) is 24.1 Å². The number of nitrogens with one attached hydrogen (secondary N) is 1. The topological polar surface area (TPSA) is 98.1 Å². The fourth-order valence-electron chi connectivity index (χ4n) is 3.42. The first kappa shape index (κ1) is 21.8. The molecule has 1 heterocycles. The Labute approximate surface area is 181 Å². The van der Waals surface area contributed by atoms with Crippen LogP contribution in [0.5, 0.6) is 5.75 Å². The number of aryl methyl sites for hydroxylation is 2. The molecule has 0 amide bonds. The minimum Gasteiger partial charge on any atom is -0.406 e. The summed E-state index contributed by atoms with van der Waals surface area (Å²) in [6, 6.07) is 17.5. The van der Waals surface area contributed by atoms with Crippen molar-refractivity contribution in [2.75, 3.05) is 0 Å². The molecule has 10 heteroatoms. The van der Waals surface area contributed by atoms with Crippen LogP contribution in [-0.2, 0) is 22.9 Å². The lowest BCUT2D eigenvalue weighted by atomic mass is 10.1. The number of hydrogen-bond donors (Lipinski definition) is 2. The summed E-state index contributed by atoms with van der Waals surface area (Å²) in [6.07, 6.45) is -3.62. The van der Waals surface area contributed by atoms with Gasteiger partial charge in [-0.05, 0) is 47.9 Å². The first-order valence-corrected chi connectivity index (χ1v) is 11.1. The van der Waals surface area contributed by atoms with Crippen LogP contribution in [0.1, 0.15) is 11.4 Å². The van der Waals surface area contributed by atoms with Crippen molar-refractivity contribution in [2.24, 2.45) is 5.14 Å². The molecule has 3 aromatic carbocycles. The number of H-pyrrole nitrogens is 1. The zero-order valence-corrected chi connectivity index (χ0v) is 17.4. The Hall–Kier alpha value is -3.37. The van der Waals surface area contributed by atoms with E-state index in [1.54, 1.807) is 48.5 Å². The predicted molar refractivity (Wildman–Crippen MR) is 113 cm³/mol. The Morgan fingerprint density at radius 1 is 0.969 bits per heavy atom. The summed E-state index contributed by atoms with van der Waals surface area (Å²) in [4.78, 5) is 7.78. The van der Waals surface area contributed by atoms with E-state index in [1.165, 1.54) is 18.2 Å². The van der Waals surface area contributed by atoms with Gasteiger partial charge in [-0.15, -0.1) is 13.2 Å². The molecule has 166 valence electrons. The van der Waals surface area contributed by atoms with Crippen LogP contribution in [0.15, 0.2) is 71.6 Å². The number of sulfonamides is 1. The molecule has 6 nitrogen and oxygen atoms in total. The van der Waals surface area contributed by atoms with Crippen LogP contribution < -0.4 is 9.88 Å². The van der Waals surface area contributed by atoms with Gasteiger partial charge in [-0.3, -0.25) is 0 Å². The first-order valence-electron chi connectivity index (χ1n) is 9.54. The second-order valence-electron chi connectivity index (χ2n) is 7.15. The minimum absolute atomic E-state index is 0.0389. The summed E-state index contributed by atoms with van der Waals surface area (Å²) >= 11 is 0. The van der Waals surface area contributed by atoms with Crippen molar-refractivity contribution in [3.05, 3.63) is 78.1 Å². The van der Waals surface area contributed by atoms with Gasteiger partial charge in [-0.1, -0.05) is 36.4 Å². The molecule has 0 saturated heterocycles. The molecule has 3 N–H and O–H groups in total. The quantitative estimate of drug-likeness (QED) is 0.440.